The molecule has 0 unspecified atom stereocenters. The van der Waals surface area contributed by atoms with Gasteiger partial charge in [0.1, 0.15) is 11.3 Å². The van der Waals surface area contributed by atoms with Gasteiger partial charge in [0.15, 0.2) is 11.3 Å². The number of fused-ring (bicyclic) bond motifs is 1. The second-order valence-corrected chi connectivity index (χ2v) is 7.99. The largest absolute Gasteiger partial charge is 0.451 e. The first-order valence-corrected chi connectivity index (χ1v) is 10.4. The zero-order chi connectivity index (χ0) is 22.2. The Hall–Kier alpha value is -4.12. The molecule has 0 spiro atoms. The number of furan rings is 1. The summed E-state index contributed by atoms with van der Waals surface area (Å²) in [6.45, 7) is 6.15. The molecule has 5 rings (SSSR count). The van der Waals surface area contributed by atoms with Crippen LogP contribution in [0.4, 0.5) is 5.69 Å². The van der Waals surface area contributed by atoms with Gasteiger partial charge in [-0.3, -0.25) is 4.79 Å². The summed E-state index contributed by atoms with van der Waals surface area (Å²) in [6.07, 6.45) is 0. The topological polar surface area (TPSA) is 68.3 Å². The maximum Gasteiger partial charge on any atom is 0.291 e. The molecule has 0 aliphatic heterocycles. The number of carbonyl (C=O) groups is 1. The summed E-state index contributed by atoms with van der Waals surface area (Å²) in [5.41, 5.74) is 7.35. The molecular weight excluding hydrogens is 400 g/mol. The predicted octanol–water partition coefficient (Wildman–Crippen LogP) is 6.93. The zero-order valence-corrected chi connectivity index (χ0v) is 18.1. The van der Waals surface area contributed by atoms with Gasteiger partial charge in [-0.1, -0.05) is 29.8 Å². The molecule has 5 nitrogen and oxygen atoms in total. The SMILES string of the molecule is Cc1cccc(-c2nc3cc(NC(=O)c4ccc(-c5ccc(C)c(C)c5)o4)ccc3o2)c1. The molecule has 1 amide bonds. The van der Waals surface area contributed by atoms with E-state index in [0.29, 0.717) is 28.4 Å². The fourth-order valence-corrected chi connectivity index (χ4v) is 3.61. The van der Waals surface area contributed by atoms with Crippen molar-refractivity contribution in [1.82, 2.24) is 4.98 Å². The lowest BCUT2D eigenvalue weighted by Crippen LogP contribution is -2.10. The van der Waals surface area contributed by atoms with E-state index in [0.717, 1.165) is 16.7 Å². The number of aryl methyl sites for hydroxylation is 3. The van der Waals surface area contributed by atoms with Crippen molar-refractivity contribution in [2.45, 2.75) is 20.8 Å². The quantitative estimate of drug-likeness (QED) is 0.341. The Kier molecular flexibility index (Phi) is 4.86. The molecule has 2 aromatic heterocycles. The summed E-state index contributed by atoms with van der Waals surface area (Å²) in [5.74, 6) is 1.14. The van der Waals surface area contributed by atoms with Gasteiger partial charge >= 0.3 is 0 Å². The number of benzene rings is 3. The van der Waals surface area contributed by atoms with E-state index < -0.39 is 0 Å². The van der Waals surface area contributed by atoms with Crippen LogP contribution in [0.1, 0.15) is 27.2 Å². The first-order valence-electron chi connectivity index (χ1n) is 10.4. The summed E-state index contributed by atoms with van der Waals surface area (Å²) in [7, 11) is 0. The number of nitrogens with zero attached hydrogens (tertiary/aromatic N) is 1. The van der Waals surface area contributed by atoms with Crippen LogP contribution in [0.2, 0.25) is 0 Å². The molecule has 32 heavy (non-hydrogen) atoms. The van der Waals surface area contributed by atoms with Crippen molar-refractivity contribution < 1.29 is 13.6 Å². The van der Waals surface area contributed by atoms with Gasteiger partial charge in [0.25, 0.3) is 5.91 Å². The highest BCUT2D eigenvalue weighted by Gasteiger charge is 2.15. The molecule has 0 fully saturated rings. The van der Waals surface area contributed by atoms with E-state index in [1.807, 2.05) is 49.4 Å². The molecular formula is C27H22N2O3. The number of hydrogen-bond acceptors (Lipinski definition) is 4. The third kappa shape index (κ3) is 3.81. The Balaban J connectivity index is 1.37. The molecule has 2 heterocycles. The van der Waals surface area contributed by atoms with Crippen molar-refractivity contribution in [3.8, 4) is 22.8 Å². The Morgan fingerprint density at radius 3 is 2.50 bits per heavy atom. The van der Waals surface area contributed by atoms with Crippen molar-refractivity contribution in [2.75, 3.05) is 5.32 Å². The summed E-state index contributed by atoms with van der Waals surface area (Å²) in [5, 5.41) is 2.88. The van der Waals surface area contributed by atoms with Gasteiger partial charge in [-0.05, 0) is 80.4 Å². The van der Waals surface area contributed by atoms with Crippen molar-refractivity contribution in [3.63, 3.8) is 0 Å². The van der Waals surface area contributed by atoms with Crippen molar-refractivity contribution in [1.29, 1.82) is 0 Å². The zero-order valence-electron chi connectivity index (χ0n) is 18.1. The van der Waals surface area contributed by atoms with Crippen LogP contribution in [0.15, 0.2) is 81.6 Å². The summed E-state index contributed by atoms with van der Waals surface area (Å²) >= 11 is 0. The molecule has 3 aromatic carbocycles. The summed E-state index contributed by atoms with van der Waals surface area (Å²) < 4.78 is 11.7. The highest BCUT2D eigenvalue weighted by molar-refractivity contribution is 6.03. The minimum Gasteiger partial charge on any atom is -0.451 e. The van der Waals surface area contributed by atoms with Gasteiger partial charge in [0.2, 0.25) is 5.89 Å². The lowest BCUT2D eigenvalue weighted by Gasteiger charge is -2.04. The molecule has 0 saturated carbocycles. The lowest BCUT2D eigenvalue weighted by molar-refractivity contribution is 0.0997. The first-order chi connectivity index (χ1) is 15.5. The van der Waals surface area contributed by atoms with Crippen molar-refractivity contribution in [3.05, 3.63) is 95.2 Å². The first kappa shape index (κ1) is 19.8. The van der Waals surface area contributed by atoms with E-state index in [2.05, 4.69) is 30.2 Å². The molecule has 0 saturated heterocycles. The number of hydrogen-bond donors (Lipinski definition) is 1. The van der Waals surface area contributed by atoms with Gasteiger partial charge in [0, 0.05) is 16.8 Å². The standard InChI is InChI=1S/C27H22N2O3/c1-16-5-4-6-20(13-16)27-29-22-15-21(9-10-24(22)32-27)28-26(30)25-12-11-23(31-25)19-8-7-17(2)18(3)14-19/h4-15H,1-3H3,(H,28,30). The third-order valence-corrected chi connectivity index (χ3v) is 5.53. The van der Waals surface area contributed by atoms with Gasteiger partial charge in [-0.15, -0.1) is 0 Å². The molecule has 1 N–H and O–H groups in total. The maximum atomic E-state index is 12.7. The molecule has 5 heteroatoms. The second-order valence-electron chi connectivity index (χ2n) is 7.99. The number of oxazole rings is 1. The lowest BCUT2D eigenvalue weighted by atomic mass is 10.1. The maximum absolute atomic E-state index is 12.7. The smallest absolute Gasteiger partial charge is 0.291 e. The second kappa shape index (κ2) is 7.85. The highest BCUT2D eigenvalue weighted by Crippen LogP contribution is 2.28. The van der Waals surface area contributed by atoms with Crippen molar-refractivity contribution >= 4 is 22.7 Å². The van der Waals surface area contributed by atoms with E-state index >= 15 is 0 Å². The Morgan fingerprint density at radius 2 is 1.69 bits per heavy atom. The molecule has 158 valence electrons. The van der Waals surface area contributed by atoms with Crippen LogP contribution in [0.25, 0.3) is 33.9 Å². The van der Waals surface area contributed by atoms with E-state index in [9.17, 15) is 4.79 Å². The fraction of sp³-hybridized carbons (Fsp3) is 0.111. The van der Waals surface area contributed by atoms with Gasteiger partial charge in [-0.25, -0.2) is 4.98 Å². The molecule has 5 aromatic rings. The van der Waals surface area contributed by atoms with E-state index in [4.69, 9.17) is 8.83 Å². The number of carbonyl (C=O) groups excluding carboxylic acids is 1. The van der Waals surface area contributed by atoms with Crippen LogP contribution >= 0.6 is 0 Å². The Morgan fingerprint density at radius 1 is 0.812 bits per heavy atom. The fourth-order valence-electron chi connectivity index (χ4n) is 3.61. The van der Waals surface area contributed by atoms with Crippen LogP contribution in [0, 0.1) is 20.8 Å². The average Bonchev–Trinajstić information content (AvgIpc) is 3.43. The third-order valence-electron chi connectivity index (χ3n) is 5.53. The predicted molar refractivity (Wildman–Crippen MR) is 126 cm³/mol. The molecule has 0 aliphatic carbocycles. The molecule has 0 atom stereocenters. The van der Waals surface area contributed by atoms with Gasteiger partial charge in [-0.2, -0.15) is 0 Å². The van der Waals surface area contributed by atoms with Crippen molar-refractivity contribution in [2.24, 2.45) is 0 Å². The minimum absolute atomic E-state index is 0.249. The summed E-state index contributed by atoms with van der Waals surface area (Å²) in [6, 6.07) is 23.0. The van der Waals surface area contributed by atoms with Gasteiger partial charge in [0.05, 0.1) is 0 Å². The van der Waals surface area contributed by atoms with Crippen LogP contribution < -0.4 is 5.32 Å². The van der Waals surface area contributed by atoms with Crippen LogP contribution in [-0.2, 0) is 0 Å². The average molecular weight is 422 g/mol. The van der Waals surface area contributed by atoms with E-state index in [-0.39, 0.29) is 11.7 Å². The summed E-state index contributed by atoms with van der Waals surface area (Å²) in [4.78, 5) is 17.3. The Labute approximate surface area is 185 Å². The molecule has 0 radical (unpaired) electrons. The molecule has 0 aliphatic rings. The van der Waals surface area contributed by atoms with E-state index in [1.165, 1.54) is 11.1 Å². The molecule has 0 bridgehead atoms. The number of amides is 1. The number of nitrogens with one attached hydrogen (secondary N) is 1. The van der Waals surface area contributed by atoms with Crippen LogP contribution in [0.5, 0.6) is 0 Å². The van der Waals surface area contributed by atoms with Gasteiger partial charge < -0.3 is 14.2 Å². The Bertz CT molecular complexity index is 1460. The number of rotatable bonds is 4. The van der Waals surface area contributed by atoms with Crippen LogP contribution in [-0.4, -0.2) is 10.9 Å². The normalized spacial score (nSPS) is 11.1. The van der Waals surface area contributed by atoms with Crippen LogP contribution in [0.3, 0.4) is 0 Å². The highest BCUT2D eigenvalue weighted by atomic mass is 16.4. The number of anilines is 1. The number of aromatic nitrogens is 1. The van der Waals surface area contributed by atoms with E-state index in [1.54, 1.807) is 24.3 Å². The monoisotopic (exact) mass is 422 g/mol. The minimum atomic E-state index is -0.318.